The Kier molecular flexibility index (Phi) is 8.78. The molecule has 1 aromatic rings. The van der Waals surface area contributed by atoms with Crippen molar-refractivity contribution in [1.82, 2.24) is 4.90 Å². The van der Waals surface area contributed by atoms with Gasteiger partial charge in [-0.3, -0.25) is 24.1 Å². The van der Waals surface area contributed by atoms with Crippen LogP contribution in [0.25, 0.3) is 0 Å². The number of hydrogen-bond donors (Lipinski definition) is 2. The summed E-state index contributed by atoms with van der Waals surface area (Å²) in [6.45, 7) is 8.85. The molecule has 0 spiro atoms. The second-order valence-electron chi connectivity index (χ2n) is 11.8. The number of ketones is 2. The predicted molar refractivity (Wildman–Crippen MR) is 160 cm³/mol. The quantitative estimate of drug-likeness (QED) is 0.179. The first-order valence-electron chi connectivity index (χ1n) is 14.4. The van der Waals surface area contributed by atoms with Gasteiger partial charge in [0.05, 0.1) is 24.0 Å². The molecule has 4 rings (SSSR count). The maximum absolute atomic E-state index is 14.4. The monoisotopic (exact) mass is 595 g/mol. The summed E-state index contributed by atoms with van der Waals surface area (Å²) in [6.07, 6.45) is 2.18. The maximum Gasteiger partial charge on any atom is 0.304 e. The Balaban J connectivity index is 2.04. The lowest BCUT2D eigenvalue weighted by Crippen LogP contribution is -2.65. The number of primary amides is 1. The van der Waals surface area contributed by atoms with Gasteiger partial charge in [-0.2, -0.15) is 0 Å². The highest BCUT2D eigenvalue weighted by atomic mass is 16.6. The Labute approximate surface area is 251 Å². The van der Waals surface area contributed by atoms with Crippen molar-refractivity contribution in [2.24, 2.45) is 17.6 Å². The number of fused-ring (bicyclic) bond motifs is 3. The van der Waals surface area contributed by atoms with Gasteiger partial charge in [0.25, 0.3) is 5.91 Å². The van der Waals surface area contributed by atoms with Crippen molar-refractivity contribution in [3.63, 3.8) is 0 Å². The van der Waals surface area contributed by atoms with Crippen LogP contribution in [-0.2, 0) is 30.3 Å². The van der Waals surface area contributed by atoms with E-state index >= 15 is 0 Å². The number of ether oxygens (including phenoxy) is 3. The van der Waals surface area contributed by atoms with Gasteiger partial charge in [0.15, 0.2) is 11.5 Å². The van der Waals surface area contributed by atoms with E-state index in [1.807, 2.05) is 32.0 Å². The molecule has 1 aromatic carbocycles. The molecule has 0 aliphatic heterocycles. The van der Waals surface area contributed by atoms with Crippen LogP contribution in [0.5, 0.6) is 5.75 Å². The molecule has 1 amide bonds. The number of aliphatic hydroxyl groups is 1. The van der Waals surface area contributed by atoms with Gasteiger partial charge in [-0.05, 0) is 63.9 Å². The highest BCUT2D eigenvalue weighted by Gasteiger charge is 2.66. The minimum atomic E-state index is -2.38. The summed E-state index contributed by atoms with van der Waals surface area (Å²) in [5.74, 6) is -5.21. The van der Waals surface area contributed by atoms with E-state index < -0.39 is 58.3 Å². The lowest BCUT2D eigenvalue weighted by Gasteiger charge is -2.52. The lowest BCUT2D eigenvalue weighted by atomic mass is 9.58. The SMILES string of the molecule is C=C(C)OC1=C(C(N)=O)C(=O)[C@@]2(OC(C)=O)C(O)=C3C(=O)c4c(OCCCC)ccc(N(C)C)c4C[C@H]3C[C@H]2C1N(C)C. The molecule has 1 unspecified atom stereocenters. The standard InChI is InChI=1S/C32H41N3O8/c1-9-10-13-41-22-12-11-21(34(5)6)19-14-18-15-20-26(35(7)8)28(42-16(2)3)25(31(33)40)30(39)32(20,43-17(4)36)29(38)23(18)27(37)24(19)22/h11-12,18,20,26,38H,2,9-10,13-15H2,1,3-8H3,(H2,33,40)/t18-,20-,26?,32-/m0/s1. The van der Waals surface area contributed by atoms with Gasteiger partial charge in [0, 0.05) is 38.2 Å². The van der Waals surface area contributed by atoms with Gasteiger partial charge in [-0.1, -0.05) is 19.9 Å². The second-order valence-corrected chi connectivity index (χ2v) is 11.8. The van der Waals surface area contributed by atoms with E-state index in [0.717, 1.165) is 31.0 Å². The fourth-order valence-corrected chi connectivity index (χ4v) is 6.73. The van der Waals surface area contributed by atoms with E-state index in [1.54, 1.807) is 32.0 Å². The first-order chi connectivity index (χ1) is 20.2. The van der Waals surface area contributed by atoms with Crippen LogP contribution in [0.2, 0.25) is 0 Å². The molecular formula is C32H41N3O8. The third-order valence-corrected chi connectivity index (χ3v) is 8.34. The van der Waals surface area contributed by atoms with E-state index in [9.17, 15) is 24.3 Å². The largest absolute Gasteiger partial charge is 0.507 e. The van der Waals surface area contributed by atoms with Crippen molar-refractivity contribution in [2.45, 2.75) is 58.1 Å². The maximum atomic E-state index is 14.4. The third-order valence-electron chi connectivity index (χ3n) is 8.34. The van der Waals surface area contributed by atoms with Gasteiger partial charge in [-0.15, -0.1) is 0 Å². The van der Waals surface area contributed by atoms with Crippen molar-refractivity contribution in [3.8, 4) is 5.75 Å². The predicted octanol–water partition coefficient (Wildman–Crippen LogP) is 3.22. The van der Waals surface area contributed by atoms with Gasteiger partial charge in [0.2, 0.25) is 11.4 Å². The first kappa shape index (κ1) is 31.8. The van der Waals surface area contributed by atoms with Crippen LogP contribution in [0.15, 0.2) is 47.1 Å². The molecule has 43 heavy (non-hydrogen) atoms. The lowest BCUT2D eigenvalue weighted by molar-refractivity contribution is -0.177. The molecule has 4 atom stereocenters. The molecule has 11 nitrogen and oxygen atoms in total. The molecule has 3 N–H and O–H groups in total. The normalized spacial score (nSPS) is 24.7. The third kappa shape index (κ3) is 5.20. The number of hydrogen-bond acceptors (Lipinski definition) is 10. The Morgan fingerprint density at radius 3 is 2.37 bits per heavy atom. The number of likely N-dealkylation sites (N-methyl/N-ethyl adjacent to an activating group) is 1. The molecule has 0 bridgehead atoms. The highest BCUT2D eigenvalue weighted by molar-refractivity contribution is 6.25. The van der Waals surface area contributed by atoms with Crippen LogP contribution in [0.1, 0.15) is 56.0 Å². The number of anilines is 1. The molecular weight excluding hydrogens is 554 g/mol. The Bertz CT molecular complexity index is 1460. The van der Waals surface area contributed by atoms with Gasteiger partial charge >= 0.3 is 5.97 Å². The number of aliphatic hydroxyl groups excluding tert-OH is 1. The molecule has 0 saturated carbocycles. The number of nitrogens with zero attached hydrogens (tertiary/aromatic N) is 2. The van der Waals surface area contributed by atoms with Crippen molar-refractivity contribution in [2.75, 3.05) is 39.7 Å². The number of Topliss-reactive ketones (excluding diaryl/α,β-unsaturated/α-hetero) is 2. The molecule has 232 valence electrons. The number of esters is 1. The molecule has 0 saturated heterocycles. The number of nitrogens with two attached hydrogens (primary N) is 1. The fraction of sp³-hybridized carbons (Fsp3) is 0.500. The minimum absolute atomic E-state index is 0.0397. The molecule has 3 aliphatic carbocycles. The highest BCUT2D eigenvalue weighted by Crippen LogP contribution is 2.55. The number of benzene rings is 1. The number of amides is 1. The zero-order chi connectivity index (χ0) is 32.0. The average Bonchev–Trinajstić information content (AvgIpc) is 2.89. The second kappa shape index (κ2) is 11.9. The van der Waals surface area contributed by atoms with Crippen LogP contribution in [-0.4, -0.2) is 79.9 Å². The fourth-order valence-electron chi connectivity index (χ4n) is 6.73. The first-order valence-corrected chi connectivity index (χ1v) is 14.4. The van der Waals surface area contributed by atoms with Crippen LogP contribution in [0.4, 0.5) is 5.69 Å². The van der Waals surface area contributed by atoms with Gasteiger partial charge < -0.3 is 30.0 Å². The topological polar surface area (TPSA) is 149 Å². The zero-order valence-electron chi connectivity index (χ0n) is 25.9. The molecule has 0 aromatic heterocycles. The smallest absolute Gasteiger partial charge is 0.304 e. The number of carbonyl (C=O) groups excluding carboxylic acids is 4. The van der Waals surface area contributed by atoms with Crippen molar-refractivity contribution < 1.29 is 38.5 Å². The van der Waals surface area contributed by atoms with Gasteiger partial charge in [-0.25, -0.2) is 0 Å². The molecule has 0 heterocycles. The Morgan fingerprint density at radius 1 is 1.16 bits per heavy atom. The number of unbranched alkanes of at least 4 members (excludes halogenated alkanes) is 1. The van der Waals surface area contributed by atoms with Crippen molar-refractivity contribution >= 4 is 29.1 Å². The van der Waals surface area contributed by atoms with Crippen LogP contribution in [0, 0.1) is 11.8 Å². The van der Waals surface area contributed by atoms with Crippen molar-refractivity contribution in [3.05, 3.63) is 58.3 Å². The summed E-state index contributed by atoms with van der Waals surface area (Å²) in [4.78, 5) is 57.8. The Hall–Kier alpha value is -4.12. The van der Waals surface area contributed by atoms with Crippen LogP contribution < -0.4 is 15.4 Å². The summed E-state index contributed by atoms with van der Waals surface area (Å²) in [6, 6.07) is 2.78. The molecule has 0 fully saturated rings. The summed E-state index contributed by atoms with van der Waals surface area (Å²) in [7, 11) is 7.18. The molecule has 0 radical (unpaired) electrons. The average molecular weight is 596 g/mol. The van der Waals surface area contributed by atoms with Crippen LogP contribution >= 0.6 is 0 Å². The molecule has 11 heteroatoms. The number of carbonyl (C=O) groups is 4. The Morgan fingerprint density at radius 2 is 1.84 bits per heavy atom. The summed E-state index contributed by atoms with van der Waals surface area (Å²) in [5, 5.41) is 12.1. The van der Waals surface area contributed by atoms with Gasteiger partial charge in [0.1, 0.15) is 17.1 Å². The van der Waals surface area contributed by atoms with E-state index in [2.05, 4.69) is 6.58 Å². The number of rotatable bonds is 10. The van der Waals surface area contributed by atoms with E-state index in [1.165, 1.54) is 0 Å². The van der Waals surface area contributed by atoms with Crippen LogP contribution in [0.3, 0.4) is 0 Å². The molecule has 3 aliphatic rings. The van der Waals surface area contributed by atoms with E-state index in [0.29, 0.717) is 24.3 Å². The van der Waals surface area contributed by atoms with E-state index in [-0.39, 0.29) is 23.5 Å². The van der Waals surface area contributed by atoms with E-state index in [4.69, 9.17) is 19.9 Å². The zero-order valence-corrected chi connectivity index (χ0v) is 25.9. The minimum Gasteiger partial charge on any atom is -0.507 e. The summed E-state index contributed by atoms with van der Waals surface area (Å²) >= 11 is 0. The number of allylic oxidation sites excluding steroid dienone is 2. The summed E-state index contributed by atoms with van der Waals surface area (Å²) < 4.78 is 17.6. The summed E-state index contributed by atoms with van der Waals surface area (Å²) in [5.41, 5.74) is 4.61. The van der Waals surface area contributed by atoms with Crippen molar-refractivity contribution in [1.29, 1.82) is 0 Å².